The van der Waals surface area contributed by atoms with Gasteiger partial charge in [-0.2, -0.15) is 0 Å². The molecule has 1 aliphatic rings. The zero-order valence-corrected chi connectivity index (χ0v) is 12.7. The second-order valence-corrected chi connectivity index (χ2v) is 7.20. The standard InChI is InChI=1S/C17H28N2/c1-12(17(2,3)4)9-15(19-18)11-14-10-13-7-5-6-8-16(13)14/h5-8,12,14-15,19H,9-11,18H2,1-4H3. The van der Waals surface area contributed by atoms with E-state index in [0.717, 1.165) is 12.8 Å². The molecule has 1 aromatic carbocycles. The summed E-state index contributed by atoms with van der Waals surface area (Å²) in [4.78, 5) is 0. The van der Waals surface area contributed by atoms with Crippen LogP contribution < -0.4 is 11.3 Å². The number of hydrogen-bond acceptors (Lipinski definition) is 2. The largest absolute Gasteiger partial charge is 0.271 e. The van der Waals surface area contributed by atoms with E-state index in [1.54, 1.807) is 0 Å². The fourth-order valence-electron chi connectivity index (χ4n) is 2.93. The zero-order valence-electron chi connectivity index (χ0n) is 12.7. The Hall–Kier alpha value is -0.860. The molecule has 1 aliphatic carbocycles. The molecule has 0 aromatic heterocycles. The van der Waals surface area contributed by atoms with E-state index in [1.165, 1.54) is 17.5 Å². The first-order chi connectivity index (χ1) is 8.91. The van der Waals surface area contributed by atoms with E-state index < -0.39 is 0 Å². The molecule has 0 aliphatic heterocycles. The second kappa shape index (κ2) is 5.64. The Morgan fingerprint density at radius 2 is 2.00 bits per heavy atom. The van der Waals surface area contributed by atoms with Crippen LogP contribution in [0.2, 0.25) is 0 Å². The molecule has 19 heavy (non-hydrogen) atoms. The van der Waals surface area contributed by atoms with Crippen LogP contribution in [0.3, 0.4) is 0 Å². The van der Waals surface area contributed by atoms with Crippen LogP contribution in [-0.2, 0) is 6.42 Å². The normalized spacial score (nSPS) is 21.4. The van der Waals surface area contributed by atoms with Gasteiger partial charge in [0, 0.05) is 6.04 Å². The highest BCUT2D eigenvalue weighted by Gasteiger charge is 2.30. The quantitative estimate of drug-likeness (QED) is 0.627. The maximum Gasteiger partial charge on any atom is 0.0219 e. The average Bonchev–Trinajstić information content (AvgIpc) is 2.33. The lowest BCUT2D eigenvalue weighted by Crippen LogP contribution is -2.40. The fraction of sp³-hybridized carbons (Fsp3) is 0.647. The summed E-state index contributed by atoms with van der Waals surface area (Å²) in [6, 6.07) is 9.22. The Morgan fingerprint density at radius 1 is 1.32 bits per heavy atom. The van der Waals surface area contributed by atoms with Gasteiger partial charge in [0.2, 0.25) is 0 Å². The fourth-order valence-corrected chi connectivity index (χ4v) is 2.93. The molecule has 0 fully saturated rings. The van der Waals surface area contributed by atoms with E-state index >= 15 is 0 Å². The second-order valence-electron chi connectivity index (χ2n) is 7.20. The third-order valence-corrected chi connectivity index (χ3v) is 4.88. The third-order valence-electron chi connectivity index (χ3n) is 4.88. The van der Waals surface area contributed by atoms with Gasteiger partial charge in [0.15, 0.2) is 0 Å². The van der Waals surface area contributed by atoms with Crippen LogP contribution in [0.15, 0.2) is 24.3 Å². The van der Waals surface area contributed by atoms with E-state index in [9.17, 15) is 0 Å². The van der Waals surface area contributed by atoms with Crippen molar-refractivity contribution in [3.8, 4) is 0 Å². The first kappa shape index (κ1) is 14.5. The molecule has 0 bridgehead atoms. The predicted octanol–water partition coefficient (Wildman–Crippen LogP) is 3.62. The smallest absolute Gasteiger partial charge is 0.0219 e. The Bertz CT molecular complexity index is 420. The van der Waals surface area contributed by atoms with Gasteiger partial charge >= 0.3 is 0 Å². The van der Waals surface area contributed by atoms with Crippen molar-refractivity contribution < 1.29 is 0 Å². The van der Waals surface area contributed by atoms with Crippen LogP contribution in [-0.4, -0.2) is 6.04 Å². The molecule has 0 spiro atoms. The van der Waals surface area contributed by atoms with Crippen molar-refractivity contribution in [2.75, 3.05) is 0 Å². The van der Waals surface area contributed by atoms with Crippen molar-refractivity contribution in [3.05, 3.63) is 35.4 Å². The number of nitrogens with one attached hydrogen (secondary N) is 1. The third kappa shape index (κ3) is 3.37. The van der Waals surface area contributed by atoms with Crippen molar-refractivity contribution in [2.24, 2.45) is 17.2 Å². The minimum atomic E-state index is 0.354. The number of nitrogens with two attached hydrogens (primary N) is 1. The van der Waals surface area contributed by atoms with Crippen LogP contribution in [0.5, 0.6) is 0 Å². The number of hydrogen-bond donors (Lipinski definition) is 2. The Kier molecular flexibility index (Phi) is 4.32. The van der Waals surface area contributed by atoms with Gasteiger partial charge < -0.3 is 0 Å². The minimum absolute atomic E-state index is 0.354. The van der Waals surface area contributed by atoms with E-state index in [-0.39, 0.29) is 0 Å². The molecular weight excluding hydrogens is 232 g/mol. The van der Waals surface area contributed by atoms with Crippen LogP contribution in [0.25, 0.3) is 0 Å². The highest BCUT2D eigenvalue weighted by Crippen LogP contribution is 2.39. The van der Waals surface area contributed by atoms with Crippen LogP contribution in [0.1, 0.15) is 57.6 Å². The van der Waals surface area contributed by atoms with E-state index in [2.05, 4.69) is 57.4 Å². The Morgan fingerprint density at radius 3 is 2.58 bits per heavy atom. The summed E-state index contributed by atoms with van der Waals surface area (Å²) >= 11 is 0. The highest BCUT2D eigenvalue weighted by molar-refractivity contribution is 5.39. The summed E-state index contributed by atoms with van der Waals surface area (Å²) in [5.41, 5.74) is 6.44. The molecule has 2 nitrogen and oxygen atoms in total. The van der Waals surface area contributed by atoms with Gasteiger partial charge in [0.05, 0.1) is 0 Å². The Labute approximate surface area is 117 Å². The lowest BCUT2D eigenvalue weighted by Gasteiger charge is -2.35. The van der Waals surface area contributed by atoms with Crippen LogP contribution >= 0.6 is 0 Å². The maximum absolute atomic E-state index is 5.76. The van der Waals surface area contributed by atoms with Gasteiger partial charge in [-0.05, 0) is 47.6 Å². The molecule has 0 radical (unpaired) electrons. The molecule has 1 aromatic rings. The molecule has 106 valence electrons. The molecule has 0 heterocycles. The maximum atomic E-state index is 5.76. The van der Waals surface area contributed by atoms with Gasteiger partial charge in [0.25, 0.3) is 0 Å². The van der Waals surface area contributed by atoms with Gasteiger partial charge in [0.1, 0.15) is 0 Å². The molecule has 0 amide bonds. The summed E-state index contributed by atoms with van der Waals surface area (Å²) in [6.45, 7) is 9.26. The lowest BCUT2D eigenvalue weighted by molar-refractivity contribution is 0.214. The summed E-state index contributed by atoms with van der Waals surface area (Å²) < 4.78 is 0. The minimum Gasteiger partial charge on any atom is -0.271 e. The van der Waals surface area contributed by atoms with Crippen molar-refractivity contribution in [3.63, 3.8) is 0 Å². The Balaban J connectivity index is 1.91. The van der Waals surface area contributed by atoms with Crippen molar-refractivity contribution in [2.45, 2.75) is 58.9 Å². The summed E-state index contributed by atoms with van der Waals surface area (Å²) in [6.07, 6.45) is 3.53. The average molecular weight is 260 g/mol. The molecular formula is C17H28N2. The highest BCUT2D eigenvalue weighted by atomic mass is 15.2. The first-order valence-corrected chi connectivity index (χ1v) is 7.45. The number of hydrazine groups is 1. The van der Waals surface area contributed by atoms with E-state index in [1.807, 2.05) is 0 Å². The van der Waals surface area contributed by atoms with Crippen LogP contribution in [0, 0.1) is 11.3 Å². The van der Waals surface area contributed by atoms with E-state index in [4.69, 9.17) is 5.84 Å². The molecule has 0 saturated carbocycles. The topological polar surface area (TPSA) is 38.0 Å². The van der Waals surface area contributed by atoms with Crippen molar-refractivity contribution in [1.29, 1.82) is 0 Å². The van der Waals surface area contributed by atoms with Gasteiger partial charge in [-0.25, -0.2) is 0 Å². The molecule has 2 rings (SSSR count). The monoisotopic (exact) mass is 260 g/mol. The number of fused-ring (bicyclic) bond motifs is 1. The summed E-state index contributed by atoms with van der Waals surface area (Å²) in [5, 5.41) is 0. The number of rotatable bonds is 5. The van der Waals surface area contributed by atoms with Gasteiger partial charge in [-0.3, -0.25) is 11.3 Å². The summed E-state index contributed by atoms with van der Waals surface area (Å²) in [7, 11) is 0. The molecule has 3 N–H and O–H groups in total. The molecule has 2 heteroatoms. The zero-order chi connectivity index (χ0) is 14.0. The van der Waals surface area contributed by atoms with Gasteiger partial charge in [-0.1, -0.05) is 52.0 Å². The van der Waals surface area contributed by atoms with Crippen molar-refractivity contribution in [1.82, 2.24) is 5.43 Å². The van der Waals surface area contributed by atoms with E-state index in [0.29, 0.717) is 23.3 Å². The lowest BCUT2D eigenvalue weighted by atomic mass is 9.72. The predicted molar refractivity (Wildman–Crippen MR) is 81.9 cm³/mol. The van der Waals surface area contributed by atoms with Crippen molar-refractivity contribution >= 4 is 0 Å². The SMILES string of the molecule is CC(CC(CC1Cc2ccccc21)NN)C(C)(C)C. The van der Waals surface area contributed by atoms with Gasteiger partial charge in [-0.15, -0.1) is 0 Å². The molecule has 3 unspecified atom stereocenters. The first-order valence-electron chi connectivity index (χ1n) is 7.45. The molecule has 3 atom stereocenters. The summed E-state index contributed by atoms with van der Waals surface area (Å²) in [5.74, 6) is 7.13. The molecule has 0 saturated heterocycles. The number of benzene rings is 1. The van der Waals surface area contributed by atoms with Crippen LogP contribution in [0.4, 0.5) is 0 Å².